The molecule has 1 N–H and O–H groups in total. The molecule has 0 radical (unpaired) electrons. The second-order valence-corrected chi connectivity index (χ2v) is 4.40. The van der Waals surface area contributed by atoms with Crippen molar-refractivity contribution < 1.29 is 9.59 Å². The fraction of sp³-hybridized carbons (Fsp3) is 0.444. The molecule has 0 atom stereocenters. The quantitative estimate of drug-likeness (QED) is 0.715. The molecule has 0 unspecified atom stereocenters. The largest absolute Gasteiger partial charge is 0.300 e. The number of rotatable bonds is 2. The molecule has 2 heterocycles. The second kappa shape index (κ2) is 4.08. The highest BCUT2D eigenvalue weighted by atomic mass is 32.1. The van der Waals surface area contributed by atoms with Gasteiger partial charge in [-0.2, -0.15) is 0 Å². The summed E-state index contributed by atoms with van der Waals surface area (Å²) in [6.45, 7) is 2.66. The number of amides is 2. The zero-order valence-corrected chi connectivity index (χ0v) is 9.13. The van der Waals surface area contributed by atoms with Crippen LogP contribution in [0.1, 0.15) is 10.7 Å². The first-order valence-electron chi connectivity index (χ1n) is 4.62. The molecule has 2 rings (SSSR count). The summed E-state index contributed by atoms with van der Waals surface area (Å²) in [5.41, 5.74) is 0.779. The van der Waals surface area contributed by atoms with Crippen molar-refractivity contribution in [2.75, 3.05) is 13.1 Å². The molecule has 1 aliphatic rings. The number of nitrogens with zero attached hydrogens (tertiary/aromatic N) is 2. The molecule has 0 aromatic carbocycles. The molecule has 1 aliphatic heterocycles. The Balaban J connectivity index is 2.09. The highest BCUT2D eigenvalue weighted by Crippen LogP contribution is 2.11. The second-order valence-electron chi connectivity index (χ2n) is 3.34. The summed E-state index contributed by atoms with van der Waals surface area (Å²) in [7, 11) is 0. The van der Waals surface area contributed by atoms with Gasteiger partial charge in [0.2, 0.25) is 11.8 Å². The van der Waals surface area contributed by atoms with Gasteiger partial charge in [0.15, 0.2) is 0 Å². The first-order valence-corrected chi connectivity index (χ1v) is 5.49. The molecule has 1 aromatic heterocycles. The summed E-state index contributed by atoms with van der Waals surface area (Å²) in [4.78, 5) is 28.3. The van der Waals surface area contributed by atoms with Crippen LogP contribution in [0.3, 0.4) is 0 Å². The van der Waals surface area contributed by atoms with Gasteiger partial charge in [0.25, 0.3) is 0 Å². The predicted molar refractivity (Wildman–Crippen MR) is 55.3 cm³/mol. The summed E-state index contributed by atoms with van der Waals surface area (Å²) in [5, 5.41) is 5.56. The Morgan fingerprint density at radius 2 is 2.13 bits per heavy atom. The Kier molecular flexibility index (Phi) is 2.79. The first-order chi connectivity index (χ1) is 7.16. The van der Waals surface area contributed by atoms with Gasteiger partial charge in [-0.1, -0.05) is 0 Å². The molecule has 0 aliphatic carbocycles. The van der Waals surface area contributed by atoms with E-state index in [0.717, 1.165) is 10.7 Å². The van der Waals surface area contributed by atoms with E-state index in [4.69, 9.17) is 0 Å². The van der Waals surface area contributed by atoms with Gasteiger partial charge < -0.3 is 0 Å². The average molecular weight is 225 g/mol. The average Bonchev–Trinajstić information content (AvgIpc) is 2.58. The molecule has 15 heavy (non-hydrogen) atoms. The Bertz CT molecular complexity index is 386. The van der Waals surface area contributed by atoms with Gasteiger partial charge in [-0.25, -0.2) is 4.98 Å². The molecule has 2 amide bonds. The predicted octanol–water partition coefficient (Wildman–Crippen LogP) is -0.0901. The molecule has 5 nitrogen and oxygen atoms in total. The number of piperazine rings is 1. The van der Waals surface area contributed by atoms with Gasteiger partial charge in [0.1, 0.15) is 0 Å². The van der Waals surface area contributed by atoms with Crippen LogP contribution < -0.4 is 5.32 Å². The number of nitrogens with one attached hydrogen (secondary N) is 1. The van der Waals surface area contributed by atoms with Crippen LogP contribution in [-0.2, 0) is 16.1 Å². The molecule has 1 saturated heterocycles. The van der Waals surface area contributed by atoms with Crippen molar-refractivity contribution in [1.29, 1.82) is 0 Å². The molecule has 0 saturated carbocycles. The third kappa shape index (κ3) is 2.21. The van der Waals surface area contributed by atoms with E-state index in [0.29, 0.717) is 6.54 Å². The summed E-state index contributed by atoms with van der Waals surface area (Å²) < 4.78 is 0. The Hall–Kier alpha value is -1.27. The fourth-order valence-corrected chi connectivity index (χ4v) is 2.03. The van der Waals surface area contributed by atoms with Crippen molar-refractivity contribution in [3.05, 3.63) is 16.1 Å². The molecule has 1 aromatic rings. The van der Waals surface area contributed by atoms with E-state index in [1.807, 2.05) is 12.3 Å². The zero-order chi connectivity index (χ0) is 10.8. The number of aryl methyl sites for hydroxylation is 1. The number of carbonyl (C=O) groups is 2. The smallest absolute Gasteiger partial charge is 0.243 e. The molecular weight excluding hydrogens is 214 g/mol. The topological polar surface area (TPSA) is 62.3 Å². The van der Waals surface area contributed by atoms with Crippen LogP contribution in [0, 0.1) is 6.92 Å². The van der Waals surface area contributed by atoms with E-state index < -0.39 is 0 Å². The fourth-order valence-electron chi connectivity index (χ4n) is 1.43. The summed E-state index contributed by atoms with van der Waals surface area (Å²) >= 11 is 1.52. The number of carbonyl (C=O) groups excluding carboxylic acids is 2. The van der Waals surface area contributed by atoms with E-state index in [-0.39, 0.29) is 24.9 Å². The lowest BCUT2D eigenvalue weighted by molar-refractivity contribution is -0.147. The van der Waals surface area contributed by atoms with Crippen LogP contribution in [0.2, 0.25) is 0 Å². The van der Waals surface area contributed by atoms with E-state index in [9.17, 15) is 9.59 Å². The number of hydrogen-bond donors (Lipinski definition) is 1. The van der Waals surface area contributed by atoms with Crippen molar-refractivity contribution in [3.8, 4) is 0 Å². The van der Waals surface area contributed by atoms with Crippen molar-refractivity contribution in [2.45, 2.75) is 13.5 Å². The maximum atomic E-state index is 11.4. The highest BCUT2D eigenvalue weighted by Gasteiger charge is 2.25. The molecule has 80 valence electrons. The van der Waals surface area contributed by atoms with Gasteiger partial charge in [0, 0.05) is 5.38 Å². The van der Waals surface area contributed by atoms with Crippen LogP contribution in [0.25, 0.3) is 0 Å². The van der Waals surface area contributed by atoms with Crippen LogP contribution in [0.4, 0.5) is 0 Å². The van der Waals surface area contributed by atoms with Crippen LogP contribution in [0.5, 0.6) is 0 Å². The lowest BCUT2D eigenvalue weighted by Gasteiger charge is -2.24. The molecular formula is C9H11N3O2S. The normalized spacial score (nSPS) is 17.3. The number of thiazole rings is 1. The monoisotopic (exact) mass is 225 g/mol. The minimum atomic E-state index is -0.183. The van der Waals surface area contributed by atoms with E-state index in [1.54, 1.807) is 0 Å². The molecule has 1 fully saturated rings. The maximum Gasteiger partial charge on any atom is 0.243 e. The maximum absolute atomic E-state index is 11.4. The van der Waals surface area contributed by atoms with Gasteiger partial charge in [-0.15, -0.1) is 11.3 Å². The van der Waals surface area contributed by atoms with E-state index in [1.165, 1.54) is 16.2 Å². The number of aromatic nitrogens is 1. The minimum absolute atomic E-state index is 0.183. The van der Waals surface area contributed by atoms with Gasteiger partial charge in [0.05, 0.1) is 30.3 Å². The number of hydrogen-bond acceptors (Lipinski definition) is 5. The van der Waals surface area contributed by atoms with Gasteiger partial charge in [-0.05, 0) is 6.92 Å². The van der Waals surface area contributed by atoms with Crippen molar-refractivity contribution in [1.82, 2.24) is 15.2 Å². The zero-order valence-electron chi connectivity index (χ0n) is 8.32. The van der Waals surface area contributed by atoms with Crippen molar-refractivity contribution >= 4 is 23.2 Å². The van der Waals surface area contributed by atoms with Gasteiger partial charge in [-0.3, -0.25) is 19.8 Å². The van der Waals surface area contributed by atoms with Crippen LogP contribution in [0.15, 0.2) is 5.38 Å². The SMILES string of the molecule is Cc1nc(CN2C(=O)CNCC2=O)cs1. The van der Waals surface area contributed by atoms with Crippen molar-refractivity contribution in [2.24, 2.45) is 0 Å². The molecule has 0 bridgehead atoms. The number of imide groups is 1. The minimum Gasteiger partial charge on any atom is -0.300 e. The van der Waals surface area contributed by atoms with E-state index >= 15 is 0 Å². The van der Waals surface area contributed by atoms with Gasteiger partial charge >= 0.3 is 0 Å². The lowest BCUT2D eigenvalue weighted by Crippen LogP contribution is -2.51. The molecule has 0 spiro atoms. The Labute approximate surface area is 91.1 Å². The van der Waals surface area contributed by atoms with E-state index in [2.05, 4.69) is 10.3 Å². The highest BCUT2D eigenvalue weighted by molar-refractivity contribution is 7.09. The third-order valence-electron chi connectivity index (χ3n) is 2.14. The Morgan fingerprint density at radius 1 is 1.47 bits per heavy atom. The summed E-state index contributed by atoms with van der Waals surface area (Å²) in [6, 6.07) is 0. The molecule has 6 heteroatoms. The Morgan fingerprint density at radius 3 is 2.67 bits per heavy atom. The standard InChI is InChI=1S/C9H11N3O2S/c1-6-11-7(5-15-6)4-12-8(13)2-10-3-9(12)14/h5,10H,2-4H2,1H3. The van der Waals surface area contributed by atoms with Crippen molar-refractivity contribution in [3.63, 3.8) is 0 Å². The summed E-state index contributed by atoms with van der Waals surface area (Å²) in [5.74, 6) is -0.367. The van der Waals surface area contributed by atoms with Crippen LogP contribution >= 0.6 is 11.3 Å². The third-order valence-corrected chi connectivity index (χ3v) is 2.96. The summed E-state index contributed by atoms with van der Waals surface area (Å²) in [6.07, 6.45) is 0. The lowest BCUT2D eigenvalue weighted by atomic mass is 10.3. The first kappa shape index (κ1) is 10.3. The van der Waals surface area contributed by atoms with Crippen LogP contribution in [-0.4, -0.2) is 34.8 Å².